The van der Waals surface area contributed by atoms with E-state index in [1.807, 2.05) is 17.7 Å². The summed E-state index contributed by atoms with van der Waals surface area (Å²) < 4.78 is 2.03. The second-order valence-electron chi connectivity index (χ2n) is 6.83. The van der Waals surface area contributed by atoms with Crippen molar-refractivity contribution in [1.29, 1.82) is 0 Å². The second kappa shape index (κ2) is 7.48. The van der Waals surface area contributed by atoms with Crippen LogP contribution in [0.3, 0.4) is 0 Å². The molecule has 1 fully saturated rings. The van der Waals surface area contributed by atoms with Crippen molar-refractivity contribution >= 4 is 12.0 Å². The van der Waals surface area contributed by atoms with Crippen molar-refractivity contribution in [3.05, 3.63) is 18.2 Å². The molecule has 0 saturated carbocycles. The number of imidazole rings is 1. The molecule has 2 N–H and O–H groups in total. The summed E-state index contributed by atoms with van der Waals surface area (Å²) in [7, 11) is 0. The van der Waals surface area contributed by atoms with Gasteiger partial charge >= 0.3 is 12.0 Å². The SMILES string of the molecule is CC(C)Cn1ccnc1CNC(=O)N1CC(C)CC(C(=O)O)C1. The van der Waals surface area contributed by atoms with Gasteiger partial charge in [0.25, 0.3) is 0 Å². The van der Waals surface area contributed by atoms with Gasteiger partial charge in [0.05, 0.1) is 12.5 Å². The number of carboxylic acids is 1. The molecule has 1 aromatic rings. The molecule has 0 bridgehead atoms. The number of likely N-dealkylation sites (tertiary alicyclic amines) is 1. The molecule has 1 aromatic heterocycles. The van der Waals surface area contributed by atoms with Crippen LogP contribution in [0.1, 0.15) is 33.0 Å². The van der Waals surface area contributed by atoms with Gasteiger partial charge in [-0.15, -0.1) is 0 Å². The fourth-order valence-corrected chi connectivity index (χ4v) is 3.03. The minimum atomic E-state index is -0.832. The summed E-state index contributed by atoms with van der Waals surface area (Å²) in [5.41, 5.74) is 0. The molecule has 0 radical (unpaired) electrons. The minimum absolute atomic E-state index is 0.193. The van der Waals surface area contributed by atoms with Crippen LogP contribution in [-0.4, -0.2) is 44.6 Å². The van der Waals surface area contributed by atoms with Crippen LogP contribution in [0.2, 0.25) is 0 Å². The third-order valence-corrected chi connectivity index (χ3v) is 4.06. The number of carbonyl (C=O) groups is 2. The lowest BCUT2D eigenvalue weighted by molar-refractivity contribution is -0.143. The maximum atomic E-state index is 12.3. The molecule has 2 heterocycles. The third-order valence-electron chi connectivity index (χ3n) is 4.06. The number of nitrogens with zero attached hydrogens (tertiary/aromatic N) is 3. The molecule has 2 unspecified atom stereocenters. The standard InChI is InChI=1S/C16H26N4O3/c1-11(2)8-19-5-4-17-14(19)7-18-16(23)20-9-12(3)6-13(10-20)15(21)22/h4-5,11-13H,6-10H2,1-3H3,(H,18,23)(H,21,22). The third kappa shape index (κ3) is 4.71. The van der Waals surface area contributed by atoms with Gasteiger partial charge in [0.1, 0.15) is 5.82 Å². The number of piperidine rings is 1. The van der Waals surface area contributed by atoms with Crippen molar-refractivity contribution in [1.82, 2.24) is 19.8 Å². The van der Waals surface area contributed by atoms with Gasteiger partial charge < -0.3 is 19.9 Å². The van der Waals surface area contributed by atoms with Crippen molar-refractivity contribution < 1.29 is 14.7 Å². The number of amides is 2. The molecule has 2 rings (SSSR count). The molecular formula is C16H26N4O3. The highest BCUT2D eigenvalue weighted by Crippen LogP contribution is 2.21. The van der Waals surface area contributed by atoms with Crippen LogP contribution in [0.4, 0.5) is 4.79 Å². The number of urea groups is 1. The van der Waals surface area contributed by atoms with Crippen LogP contribution in [0.5, 0.6) is 0 Å². The van der Waals surface area contributed by atoms with E-state index in [0.29, 0.717) is 25.4 Å². The summed E-state index contributed by atoms with van der Waals surface area (Å²) in [6.45, 7) is 8.30. The van der Waals surface area contributed by atoms with E-state index >= 15 is 0 Å². The summed E-state index contributed by atoms with van der Waals surface area (Å²) in [5, 5.41) is 12.0. The van der Waals surface area contributed by atoms with E-state index in [9.17, 15) is 14.7 Å². The summed E-state index contributed by atoms with van der Waals surface area (Å²) in [6, 6.07) is -0.220. The number of hydrogen-bond acceptors (Lipinski definition) is 3. The van der Waals surface area contributed by atoms with Crippen molar-refractivity contribution in [3.8, 4) is 0 Å². The lowest BCUT2D eigenvalue weighted by atomic mass is 9.91. The van der Waals surface area contributed by atoms with Gasteiger partial charge in [0, 0.05) is 32.0 Å². The van der Waals surface area contributed by atoms with E-state index in [4.69, 9.17) is 0 Å². The molecule has 7 heteroatoms. The molecule has 0 aliphatic carbocycles. The molecule has 7 nitrogen and oxygen atoms in total. The zero-order valence-electron chi connectivity index (χ0n) is 14.0. The number of carboxylic acid groups (broad SMARTS) is 1. The van der Waals surface area contributed by atoms with Crippen LogP contribution in [0.15, 0.2) is 12.4 Å². The largest absolute Gasteiger partial charge is 0.481 e. The second-order valence-corrected chi connectivity index (χ2v) is 6.83. The molecule has 1 saturated heterocycles. The van der Waals surface area contributed by atoms with Gasteiger partial charge in [0.2, 0.25) is 0 Å². The molecule has 0 aromatic carbocycles. The van der Waals surface area contributed by atoms with E-state index in [2.05, 4.69) is 24.1 Å². The normalized spacial score (nSPS) is 21.5. The molecule has 0 spiro atoms. The van der Waals surface area contributed by atoms with Crippen molar-refractivity contribution in [2.24, 2.45) is 17.8 Å². The van der Waals surface area contributed by atoms with Crippen molar-refractivity contribution in [3.63, 3.8) is 0 Å². The monoisotopic (exact) mass is 322 g/mol. The fraction of sp³-hybridized carbons (Fsp3) is 0.688. The van der Waals surface area contributed by atoms with Crippen LogP contribution < -0.4 is 5.32 Å². The maximum absolute atomic E-state index is 12.3. The Labute approximate surface area is 136 Å². The number of hydrogen-bond donors (Lipinski definition) is 2. The maximum Gasteiger partial charge on any atom is 0.317 e. The van der Waals surface area contributed by atoms with Crippen LogP contribution in [0, 0.1) is 17.8 Å². The lowest BCUT2D eigenvalue weighted by Gasteiger charge is -2.34. The lowest BCUT2D eigenvalue weighted by Crippen LogP contribution is -2.49. The first-order valence-corrected chi connectivity index (χ1v) is 8.12. The smallest absolute Gasteiger partial charge is 0.317 e. The number of nitrogens with one attached hydrogen (secondary N) is 1. The number of aromatic nitrogens is 2. The summed E-state index contributed by atoms with van der Waals surface area (Å²) in [6.07, 6.45) is 4.26. The predicted molar refractivity (Wildman–Crippen MR) is 85.8 cm³/mol. The Kier molecular flexibility index (Phi) is 5.63. The Hall–Kier alpha value is -2.05. The average Bonchev–Trinajstić information content (AvgIpc) is 2.90. The molecule has 1 aliphatic heterocycles. The summed E-state index contributed by atoms with van der Waals surface area (Å²) >= 11 is 0. The number of aliphatic carboxylic acids is 1. The quantitative estimate of drug-likeness (QED) is 0.865. The van der Waals surface area contributed by atoms with Crippen molar-refractivity contribution in [2.75, 3.05) is 13.1 Å². The van der Waals surface area contributed by atoms with E-state index in [1.54, 1.807) is 11.1 Å². The number of carbonyl (C=O) groups excluding carboxylic acids is 1. The van der Waals surface area contributed by atoms with E-state index in [-0.39, 0.29) is 18.5 Å². The number of rotatable bonds is 5. The van der Waals surface area contributed by atoms with Gasteiger partial charge in [-0.3, -0.25) is 4.79 Å². The molecular weight excluding hydrogens is 296 g/mol. The van der Waals surface area contributed by atoms with Gasteiger partial charge in [-0.05, 0) is 18.3 Å². The fourth-order valence-electron chi connectivity index (χ4n) is 3.03. The first kappa shape index (κ1) is 17.3. The Morgan fingerprint density at radius 2 is 2.17 bits per heavy atom. The van der Waals surface area contributed by atoms with E-state index in [1.165, 1.54) is 0 Å². The first-order chi connectivity index (χ1) is 10.9. The van der Waals surface area contributed by atoms with Gasteiger partial charge in [-0.2, -0.15) is 0 Å². The predicted octanol–water partition coefficient (Wildman–Crippen LogP) is 1.79. The Morgan fingerprint density at radius 3 is 2.83 bits per heavy atom. The summed E-state index contributed by atoms with van der Waals surface area (Å²) in [5.74, 6) is 0.192. The van der Waals surface area contributed by atoms with Crippen LogP contribution >= 0.6 is 0 Å². The topological polar surface area (TPSA) is 87.5 Å². The van der Waals surface area contributed by atoms with E-state index in [0.717, 1.165) is 12.4 Å². The average molecular weight is 322 g/mol. The van der Waals surface area contributed by atoms with Crippen LogP contribution in [-0.2, 0) is 17.9 Å². The Balaban J connectivity index is 1.92. The highest BCUT2D eigenvalue weighted by atomic mass is 16.4. The Morgan fingerprint density at radius 1 is 1.43 bits per heavy atom. The van der Waals surface area contributed by atoms with Crippen molar-refractivity contribution in [2.45, 2.75) is 40.3 Å². The van der Waals surface area contributed by atoms with Crippen LogP contribution in [0.25, 0.3) is 0 Å². The highest BCUT2D eigenvalue weighted by molar-refractivity contribution is 5.76. The van der Waals surface area contributed by atoms with Gasteiger partial charge in [0.15, 0.2) is 0 Å². The molecule has 2 amide bonds. The molecule has 128 valence electrons. The first-order valence-electron chi connectivity index (χ1n) is 8.12. The van der Waals surface area contributed by atoms with Gasteiger partial charge in [-0.25, -0.2) is 9.78 Å². The zero-order chi connectivity index (χ0) is 17.0. The molecule has 1 aliphatic rings. The van der Waals surface area contributed by atoms with Gasteiger partial charge in [-0.1, -0.05) is 20.8 Å². The highest BCUT2D eigenvalue weighted by Gasteiger charge is 2.31. The van der Waals surface area contributed by atoms with E-state index < -0.39 is 11.9 Å². The Bertz CT molecular complexity index is 555. The zero-order valence-corrected chi connectivity index (χ0v) is 14.0. The molecule has 23 heavy (non-hydrogen) atoms. The summed E-state index contributed by atoms with van der Waals surface area (Å²) in [4.78, 5) is 29.4. The molecule has 2 atom stereocenters. The minimum Gasteiger partial charge on any atom is -0.481 e.